The third-order valence-corrected chi connectivity index (χ3v) is 4.77. The number of fused-ring (bicyclic) bond motifs is 1. The summed E-state index contributed by atoms with van der Waals surface area (Å²) in [5, 5.41) is 0.977. The van der Waals surface area contributed by atoms with Gasteiger partial charge in [-0.3, -0.25) is 0 Å². The highest BCUT2D eigenvalue weighted by Gasteiger charge is 2.10. The minimum Gasteiger partial charge on any atom is -0.423 e. The van der Waals surface area contributed by atoms with Crippen LogP contribution in [0.1, 0.15) is 18.1 Å². The summed E-state index contributed by atoms with van der Waals surface area (Å²) in [6, 6.07) is 15.8. The zero-order valence-electron chi connectivity index (χ0n) is 13.2. The summed E-state index contributed by atoms with van der Waals surface area (Å²) < 4.78 is 6.46. The Hall–Kier alpha value is -2.07. The first-order valence-corrected chi connectivity index (χ1v) is 8.40. The summed E-state index contributed by atoms with van der Waals surface area (Å²) in [5.41, 5.74) is 3.54. The van der Waals surface area contributed by atoms with Gasteiger partial charge in [-0.05, 0) is 43.2 Å². The highest BCUT2D eigenvalue weighted by atomic mass is 79.9. The zero-order valence-corrected chi connectivity index (χ0v) is 14.8. The molecule has 0 spiro atoms. The van der Waals surface area contributed by atoms with Gasteiger partial charge >= 0.3 is 5.63 Å². The van der Waals surface area contributed by atoms with Gasteiger partial charge in [-0.2, -0.15) is 0 Å². The molecule has 3 nitrogen and oxygen atoms in total. The van der Waals surface area contributed by atoms with Crippen LogP contribution >= 0.6 is 15.9 Å². The number of hydrogen-bond acceptors (Lipinski definition) is 3. The Morgan fingerprint density at radius 2 is 1.91 bits per heavy atom. The lowest BCUT2D eigenvalue weighted by Gasteiger charge is -2.24. The Morgan fingerprint density at radius 3 is 2.65 bits per heavy atom. The van der Waals surface area contributed by atoms with E-state index in [4.69, 9.17) is 4.42 Å². The minimum absolute atomic E-state index is 0.305. The molecule has 0 unspecified atom stereocenters. The maximum atomic E-state index is 11.6. The molecular weight excluding hydrogens is 354 g/mol. The molecule has 0 radical (unpaired) electrons. The van der Waals surface area contributed by atoms with E-state index in [1.54, 1.807) is 0 Å². The molecule has 0 bridgehead atoms. The van der Waals surface area contributed by atoms with Crippen molar-refractivity contribution in [2.24, 2.45) is 0 Å². The average Bonchev–Trinajstić information content (AvgIpc) is 2.53. The number of anilines is 1. The van der Waals surface area contributed by atoms with Crippen molar-refractivity contribution in [3.63, 3.8) is 0 Å². The van der Waals surface area contributed by atoms with Gasteiger partial charge in [0.15, 0.2) is 0 Å². The SMILES string of the molecule is CCN(Cc1ccccc1Br)c1ccc2c(C)cc(=O)oc2c1. The molecule has 2 aromatic carbocycles. The number of halogens is 1. The first kappa shape index (κ1) is 15.8. The van der Waals surface area contributed by atoms with Gasteiger partial charge in [0.25, 0.3) is 0 Å². The van der Waals surface area contributed by atoms with Gasteiger partial charge in [0.1, 0.15) is 5.58 Å². The van der Waals surface area contributed by atoms with E-state index in [1.807, 2.05) is 37.3 Å². The van der Waals surface area contributed by atoms with Gasteiger partial charge in [0, 0.05) is 40.8 Å². The molecule has 0 saturated heterocycles. The molecule has 0 saturated carbocycles. The van der Waals surface area contributed by atoms with Crippen molar-refractivity contribution in [3.8, 4) is 0 Å². The molecular formula is C19H18BrNO2. The maximum Gasteiger partial charge on any atom is 0.336 e. The number of hydrogen-bond donors (Lipinski definition) is 0. The van der Waals surface area contributed by atoms with Crippen LogP contribution in [0.4, 0.5) is 5.69 Å². The molecule has 0 atom stereocenters. The number of rotatable bonds is 4. The van der Waals surface area contributed by atoms with Crippen LogP contribution in [-0.4, -0.2) is 6.54 Å². The van der Waals surface area contributed by atoms with Crippen LogP contribution in [0.5, 0.6) is 0 Å². The number of benzene rings is 2. The van der Waals surface area contributed by atoms with Crippen LogP contribution in [0.15, 0.2) is 62.2 Å². The second kappa shape index (κ2) is 6.59. The minimum atomic E-state index is -0.305. The molecule has 0 aliphatic heterocycles. The number of aryl methyl sites for hydroxylation is 1. The predicted molar refractivity (Wildman–Crippen MR) is 98.1 cm³/mol. The first-order valence-electron chi connectivity index (χ1n) is 7.61. The van der Waals surface area contributed by atoms with Crippen LogP contribution in [-0.2, 0) is 6.54 Å². The van der Waals surface area contributed by atoms with E-state index in [1.165, 1.54) is 11.6 Å². The third-order valence-electron chi connectivity index (χ3n) is 4.00. The van der Waals surface area contributed by atoms with E-state index >= 15 is 0 Å². The zero-order chi connectivity index (χ0) is 16.4. The second-order valence-corrected chi connectivity index (χ2v) is 6.39. The molecule has 23 heavy (non-hydrogen) atoms. The molecule has 0 N–H and O–H groups in total. The van der Waals surface area contributed by atoms with E-state index in [2.05, 4.69) is 39.9 Å². The molecule has 3 aromatic rings. The van der Waals surface area contributed by atoms with Crippen LogP contribution in [0.3, 0.4) is 0 Å². The van der Waals surface area contributed by atoms with E-state index < -0.39 is 0 Å². The van der Waals surface area contributed by atoms with Crippen LogP contribution in [0.2, 0.25) is 0 Å². The van der Waals surface area contributed by atoms with E-state index in [0.717, 1.165) is 34.2 Å². The highest BCUT2D eigenvalue weighted by molar-refractivity contribution is 9.10. The van der Waals surface area contributed by atoms with Crippen molar-refractivity contribution < 1.29 is 4.42 Å². The van der Waals surface area contributed by atoms with Crippen LogP contribution in [0.25, 0.3) is 11.0 Å². The van der Waals surface area contributed by atoms with Gasteiger partial charge in [-0.1, -0.05) is 34.1 Å². The summed E-state index contributed by atoms with van der Waals surface area (Å²) in [6.07, 6.45) is 0. The molecule has 3 rings (SSSR count). The lowest BCUT2D eigenvalue weighted by molar-refractivity contribution is 0.559. The summed E-state index contributed by atoms with van der Waals surface area (Å²) in [5.74, 6) is 0. The van der Waals surface area contributed by atoms with Gasteiger partial charge in [0.05, 0.1) is 0 Å². The quantitative estimate of drug-likeness (QED) is 0.612. The van der Waals surface area contributed by atoms with Crippen LogP contribution in [0, 0.1) is 6.92 Å². The fourth-order valence-corrected chi connectivity index (χ4v) is 3.14. The molecule has 1 heterocycles. The summed E-state index contributed by atoms with van der Waals surface area (Å²) >= 11 is 3.60. The predicted octanol–water partition coefficient (Wildman–Crippen LogP) is 4.89. The smallest absolute Gasteiger partial charge is 0.336 e. The second-order valence-electron chi connectivity index (χ2n) is 5.53. The topological polar surface area (TPSA) is 33.5 Å². The first-order chi connectivity index (χ1) is 11.1. The summed E-state index contributed by atoms with van der Waals surface area (Å²) in [4.78, 5) is 13.9. The fraction of sp³-hybridized carbons (Fsp3) is 0.211. The van der Waals surface area contributed by atoms with Gasteiger partial charge in [-0.15, -0.1) is 0 Å². The lowest BCUT2D eigenvalue weighted by Crippen LogP contribution is -2.22. The molecule has 0 amide bonds. The number of nitrogens with zero attached hydrogens (tertiary/aromatic N) is 1. The van der Waals surface area contributed by atoms with Crippen molar-refractivity contribution >= 4 is 32.6 Å². The Morgan fingerprint density at radius 1 is 1.13 bits per heavy atom. The molecule has 1 aromatic heterocycles. The largest absolute Gasteiger partial charge is 0.423 e. The average molecular weight is 372 g/mol. The van der Waals surface area contributed by atoms with Gasteiger partial charge < -0.3 is 9.32 Å². The van der Waals surface area contributed by atoms with E-state index in [0.29, 0.717) is 5.58 Å². The Bertz CT molecular complexity index is 901. The summed E-state index contributed by atoms with van der Waals surface area (Å²) in [7, 11) is 0. The lowest BCUT2D eigenvalue weighted by atomic mass is 10.1. The highest BCUT2D eigenvalue weighted by Crippen LogP contribution is 2.26. The van der Waals surface area contributed by atoms with Crippen molar-refractivity contribution in [2.75, 3.05) is 11.4 Å². The standard InChI is InChI=1S/C19H18BrNO2/c1-3-21(12-14-6-4-5-7-17(14)20)15-8-9-16-13(2)10-19(22)23-18(16)11-15/h4-11H,3,12H2,1-2H3. The molecule has 0 aliphatic rings. The monoisotopic (exact) mass is 371 g/mol. The van der Waals surface area contributed by atoms with E-state index in [9.17, 15) is 4.79 Å². The summed E-state index contributed by atoms with van der Waals surface area (Å²) in [6.45, 7) is 5.70. The maximum absolute atomic E-state index is 11.6. The molecule has 0 fully saturated rings. The van der Waals surface area contributed by atoms with Crippen LogP contribution < -0.4 is 10.5 Å². The normalized spacial score (nSPS) is 10.9. The molecule has 118 valence electrons. The van der Waals surface area contributed by atoms with Crippen molar-refractivity contribution in [2.45, 2.75) is 20.4 Å². The van der Waals surface area contributed by atoms with Gasteiger partial charge in [0.2, 0.25) is 0 Å². The van der Waals surface area contributed by atoms with Crippen molar-refractivity contribution in [1.82, 2.24) is 0 Å². The van der Waals surface area contributed by atoms with E-state index in [-0.39, 0.29) is 5.63 Å². The Kier molecular flexibility index (Phi) is 4.53. The third kappa shape index (κ3) is 3.32. The Balaban J connectivity index is 2.00. The molecule has 0 aliphatic carbocycles. The fourth-order valence-electron chi connectivity index (χ4n) is 2.73. The molecule has 4 heteroatoms. The Labute approximate surface area is 143 Å². The van der Waals surface area contributed by atoms with Crippen molar-refractivity contribution in [1.29, 1.82) is 0 Å². The van der Waals surface area contributed by atoms with Crippen molar-refractivity contribution in [3.05, 3.63) is 74.6 Å². The van der Waals surface area contributed by atoms with Gasteiger partial charge in [-0.25, -0.2) is 4.79 Å².